The molecule has 0 spiro atoms. The number of aliphatic hydroxyl groups is 1. The molecule has 35 heavy (non-hydrogen) atoms. The molecule has 10 heteroatoms. The lowest BCUT2D eigenvalue weighted by molar-refractivity contribution is 0.0354. The molecule has 3 aromatic rings. The van der Waals surface area contributed by atoms with Gasteiger partial charge in [0.2, 0.25) is 0 Å². The van der Waals surface area contributed by atoms with Crippen molar-refractivity contribution in [2.45, 2.75) is 50.5 Å². The van der Waals surface area contributed by atoms with E-state index in [4.69, 9.17) is 5.73 Å². The van der Waals surface area contributed by atoms with Gasteiger partial charge in [-0.1, -0.05) is 12.5 Å². The van der Waals surface area contributed by atoms with E-state index in [9.17, 15) is 14.3 Å². The van der Waals surface area contributed by atoms with E-state index in [0.717, 1.165) is 18.4 Å². The predicted molar refractivity (Wildman–Crippen MR) is 130 cm³/mol. The first kappa shape index (κ1) is 23.1. The third-order valence-electron chi connectivity index (χ3n) is 6.81. The Morgan fingerprint density at radius 3 is 2.80 bits per heavy atom. The van der Waals surface area contributed by atoms with Gasteiger partial charge in [-0.2, -0.15) is 5.10 Å². The number of likely N-dealkylation sites (tertiary alicyclic amines) is 1. The quantitative estimate of drug-likeness (QED) is 0.371. The molecule has 4 N–H and O–H groups in total. The first-order valence-electron chi connectivity index (χ1n) is 11.7. The molecule has 3 atom stereocenters. The van der Waals surface area contributed by atoms with Crippen molar-refractivity contribution in [1.29, 1.82) is 0 Å². The van der Waals surface area contributed by atoms with Gasteiger partial charge >= 0.3 is 0 Å². The van der Waals surface area contributed by atoms with E-state index < -0.39 is 18.0 Å². The Morgan fingerprint density at radius 1 is 1.37 bits per heavy atom. The Labute approximate surface area is 202 Å². The van der Waals surface area contributed by atoms with Crippen molar-refractivity contribution in [2.24, 2.45) is 5.73 Å². The van der Waals surface area contributed by atoms with Gasteiger partial charge in [-0.15, -0.1) is 0 Å². The number of primary amides is 1. The number of nitrogens with one attached hydrogen (secondary N) is 1. The fourth-order valence-corrected chi connectivity index (χ4v) is 4.88. The van der Waals surface area contributed by atoms with Gasteiger partial charge in [0.05, 0.1) is 29.0 Å². The molecule has 5 rings (SSSR count). The van der Waals surface area contributed by atoms with Crippen LogP contribution in [0.25, 0.3) is 11.0 Å². The SMILES string of the molecule is C=CC(O)N1C[C@@H](n2nc(C#Cc3cc4ncn(C5CC5)c4cc3F)c(C(N)=O)c2NC)C[C@H]1C. The van der Waals surface area contributed by atoms with Crippen LogP contribution in [0.1, 0.15) is 59.9 Å². The number of nitrogens with two attached hydrogens (primary N) is 1. The van der Waals surface area contributed by atoms with Gasteiger partial charge in [0, 0.05) is 31.7 Å². The van der Waals surface area contributed by atoms with Gasteiger partial charge in [0.1, 0.15) is 23.4 Å². The molecular weight excluding hydrogens is 449 g/mol. The highest BCUT2D eigenvalue weighted by atomic mass is 19.1. The Kier molecular flexibility index (Phi) is 5.83. The number of anilines is 1. The number of nitrogens with zero attached hydrogens (tertiary/aromatic N) is 5. The van der Waals surface area contributed by atoms with Crippen LogP contribution >= 0.6 is 0 Å². The van der Waals surface area contributed by atoms with E-state index >= 15 is 0 Å². The van der Waals surface area contributed by atoms with Crippen LogP contribution in [0.3, 0.4) is 0 Å². The predicted octanol–water partition coefficient (Wildman–Crippen LogP) is 2.39. The second kappa shape index (κ2) is 8.83. The zero-order chi connectivity index (χ0) is 24.9. The minimum absolute atomic E-state index is 0.0738. The lowest BCUT2D eigenvalue weighted by Crippen LogP contribution is -2.36. The van der Waals surface area contributed by atoms with E-state index in [1.807, 2.05) is 16.4 Å². The van der Waals surface area contributed by atoms with Crippen molar-refractivity contribution >= 4 is 22.8 Å². The minimum Gasteiger partial charge on any atom is -0.375 e. The number of halogens is 1. The standard InChI is InChI=1S/C25H28FN7O2/c1-4-22(34)31-12-17(9-14(31)2)33-25(28-3)23(24(27)35)19(30-33)8-5-15-10-20-21(11-18(15)26)32(13-29-20)16-6-7-16/h4,10-11,13-14,16-17,22,28,34H,1,6-7,9,12H2,2-3H3,(H2,27,35)/t14-,17+,22?/m1/s1. The largest absolute Gasteiger partial charge is 0.375 e. The summed E-state index contributed by atoms with van der Waals surface area (Å²) in [7, 11) is 1.68. The number of rotatable bonds is 6. The summed E-state index contributed by atoms with van der Waals surface area (Å²) in [6, 6.07) is 3.40. The third kappa shape index (κ3) is 4.07. The van der Waals surface area contributed by atoms with Crippen LogP contribution in [0, 0.1) is 17.7 Å². The molecule has 0 radical (unpaired) electrons. The van der Waals surface area contributed by atoms with Crippen LogP contribution in [0.2, 0.25) is 0 Å². The van der Waals surface area contributed by atoms with Crippen LogP contribution < -0.4 is 11.1 Å². The molecule has 1 aromatic carbocycles. The monoisotopic (exact) mass is 477 g/mol. The van der Waals surface area contributed by atoms with E-state index in [1.165, 1.54) is 12.1 Å². The first-order valence-corrected chi connectivity index (χ1v) is 11.7. The summed E-state index contributed by atoms with van der Waals surface area (Å²) in [5.74, 6) is 4.98. The molecule has 2 aliphatic rings. The third-order valence-corrected chi connectivity index (χ3v) is 6.81. The number of fused-ring (bicyclic) bond motifs is 1. The fraction of sp³-hybridized carbons (Fsp3) is 0.400. The molecule has 1 amide bonds. The smallest absolute Gasteiger partial charge is 0.255 e. The zero-order valence-corrected chi connectivity index (χ0v) is 19.7. The summed E-state index contributed by atoms with van der Waals surface area (Å²) in [6.45, 7) is 6.18. The molecule has 2 aromatic heterocycles. The molecule has 1 unspecified atom stereocenters. The van der Waals surface area contributed by atoms with Crippen molar-refractivity contribution in [3.63, 3.8) is 0 Å². The van der Waals surface area contributed by atoms with Crippen molar-refractivity contribution in [3.05, 3.63) is 53.8 Å². The Bertz CT molecular complexity index is 1380. The summed E-state index contributed by atoms with van der Waals surface area (Å²) >= 11 is 0. The number of aromatic nitrogens is 4. The van der Waals surface area contributed by atoms with Gasteiger partial charge in [-0.05, 0) is 44.2 Å². The molecule has 9 nitrogen and oxygen atoms in total. The van der Waals surface area contributed by atoms with Crippen LogP contribution in [-0.4, -0.2) is 61.1 Å². The van der Waals surface area contributed by atoms with E-state index in [0.29, 0.717) is 30.3 Å². The average Bonchev–Trinajstić information content (AvgIpc) is 3.31. The second-order valence-electron chi connectivity index (χ2n) is 9.17. The van der Waals surface area contributed by atoms with Gasteiger partial charge in [-0.25, -0.2) is 14.1 Å². The van der Waals surface area contributed by atoms with Crippen LogP contribution in [0.5, 0.6) is 0 Å². The number of amides is 1. The molecule has 0 bridgehead atoms. The number of benzene rings is 1. The fourth-order valence-electron chi connectivity index (χ4n) is 4.88. The van der Waals surface area contributed by atoms with Gasteiger partial charge in [-0.3, -0.25) is 9.69 Å². The van der Waals surface area contributed by atoms with E-state index in [-0.39, 0.29) is 28.9 Å². The topological polar surface area (TPSA) is 114 Å². The highest BCUT2D eigenvalue weighted by Crippen LogP contribution is 2.37. The molecule has 1 aliphatic carbocycles. The lowest BCUT2D eigenvalue weighted by atomic mass is 10.1. The lowest BCUT2D eigenvalue weighted by Gasteiger charge is -2.24. The number of hydrogen-bond acceptors (Lipinski definition) is 6. The maximum Gasteiger partial charge on any atom is 0.255 e. The molecule has 182 valence electrons. The minimum atomic E-state index is -0.778. The summed E-state index contributed by atoms with van der Waals surface area (Å²) < 4.78 is 18.6. The molecule has 2 fully saturated rings. The molecular formula is C25H28FN7O2. The summed E-state index contributed by atoms with van der Waals surface area (Å²) in [4.78, 5) is 18.6. The molecule has 1 aliphatic heterocycles. The van der Waals surface area contributed by atoms with Crippen LogP contribution in [-0.2, 0) is 0 Å². The van der Waals surface area contributed by atoms with Crippen molar-refractivity contribution < 1.29 is 14.3 Å². The molecule has 1 saturated carbocycles. The average molecular weight is 478 g/mol. The normalized spacial score (nSPS) is 21.0. The number of aliphatic hydroxyl groups excluding tert-OH is 1. The van der Waals surface area contributed by atoms with Crippen molar-refractivity contribution in [3.8, 4) is 11.8 Å². The second-order valence-corrected chi connectivity index (χ2v) is 9.17. The van der Waals surface area contributed by atoms with E-state index in [2.05, 4.69) is 33.8 Å². The van der Waals surface area contributed by atoms with Gasteiger partial charge in [0.15, 0.2) is 5.69 Å². The highest BCUT2D eigenvalue weighted by Gasteiger charge is 2.36. The van der Waals surface area contributed by atoms with Crippen molar-refractivity contribution in [1.82, 2.24) is 24.2 Å². The summed E-state index contributed by atoms with van der Waals surface area (Å²) in [5.41, 5.74) is 7.59. The summed E-state index contributed by atoms with van der Waals surface area (Å²) in [5, 5.41) is 17.8. The zero-order valence-electron chi connectivity index (χ0n) is 19.7. The highest BCUT2D eigenvalue weighted by molar-refractivity contribution is 6.00. The van der Waals surface area contributed by atoms with Crippen molar-refractivity contribution in [2.75, 3.05) is 18.9 Å². The Balaban J connectivity index is 1.52. The van der Waals surface area contributed by atoms with Crippen LogP contribution in [0.15, 0.2) is 31.1 Å². The molecule has 1 saturated heterocycles. The maximum absolute atomic E-state index is 14.9. The van der Waals surface area contributed by atoms with E-state index in [1.54, 1.807) is 24.1 Å². The number of carbonyl (C=O) groups excluding carboxylic acids is 1. The van der Waals surface area contributed by atoms with Crippen LogP contribution in [0.4, 0.5) is 10.2 Å². The number of carbonyl (C=O) groups is 1. The molecule has 3 heterocycles. The van der Waals surface area contributed by atoms with Gasteiger partial charge < -0.3 is 20.7 Å². The number of hydrogen-bond donors (Lipinski definition) is 3. The first-order chi connectivity index (χ1) is 16.8. The summed E-state index contributed by atoms with van der Waals surface area (Å²) in [6.07, 6.45) is 5.28. The number of imidazole rings is 1. The maximum atomic E-state index is 14.9. The van der Waals surface area contributed by atoms with Gasteiger partial charge in [0.25, 0.3) is 5.91 Å². The Morgan fingerprint density at radius 2 is 2.14 bits per heavy atom. The Hall–Kier alpha value is -3.68.